The number of aliphatic carboxylic acids is 1. The molecule has 0 heterocycles. The molecule has 1 atom stereocenters. The fraction of sp³-hybridized carbons (Fsp3) is 0.250. The zero-order valence-electron chi connectivity index (χ0n) is 13.7. The van der Waals surface area contributed by atoms with E-state index in [1.54, 1.807) is 6.92 Å². The first-order valence-electron chi connectivity index (χ1n) is 7.53. The van der Waals surface area contributed by atoms with Crippen molar-refractivity contribution in [1.29, 1.82) is 0 Å². The molecule has 0 amide bonds. The lowest BCUT2D eigenvalue weighted by Crippen LogP contribution is -2.08. The van der Waals surface area contributed by atoms with Crippen LogP contribution >= 0.6 is 0 Å². The molecule has 0 aromatic heterocycles. The Kier molecular flexibility index (Phi) is 5.43. The summed E-state index contributed by atoms with van der Waals surface area (Å²) in [5.74, 6) is 4.70. The summed E-state index contributed by atoms with van der Waals surface area (Å²) in [4.78, 5) is 13.0. The van der Waals surface area contributed by atoms with Gasteiger partial charge in [0.05, 0.1) is 12.3 Å². The van der Waals surface area contributed by atoms with E-state index in [2.05, 4.69) is 34.9 Å². The summed E-state index contributed by atoms with van der Waals surface area (Å²) >= 11 is 0. The van der Waals surface area contributed by atoms with Crippen molar-refractivity contribution in [2.24, 2.45) is 0 Å². The van der Waals surface area contributed by atoms with Crippen LogP contribution in [0.2, 0.25) is 0 Å². The highest BCUT2D eigenvalue weighted by atomic mass is 16.4. The van der Waals surface area contributed by atoms with Crippen molar-refractivity contribution in [3.05, 3.63) is 54.1 Å². The number of carboxylic acid groups (broad SMARTS) is 1. The van der Waals surface area contributed by atoms with E-state index in [9.17, 15) is 4.79 Å². The molecule has 0 saturated heterocycles. The van der Waals surface area contributed by atoms with E-state index in [4.69, 9.17) is 5.11 Å². The molecule has 0 saturated carbocycles. The van der Waals surface area contributed by atoms with Gasteiger partial charge in [0.15, 0.2) is 0 Å². The van der Waals surface area contributed by atoms with Crippen molar-refractivity contribution in [1.82, 2.24) is 0 Å². The van der Waals surface area contributed by atoms with Crippen LogP contribution in [0.3, 0.4) is 0 Å². The van der Waals surface area contributed by atoms with Crippen molar-refractivity contribution in [2.75, 3.05) is 19.0 Å². The van der Waals surface area contributed by atoms with E-state index in [0.717, 1.165) is 22.4 Å². The van der Waals surface area contributed by atoms with Crippen LogP contribution in [0.4, 0.5) is 5.69 Å². The molecule has 3 nitrogen and oxygen atoms in total. The molecule has 0 aliphatic carbocycles. The molecule has 1 unspecified atom stereocenters. The minimum atomic E-state index is -0.833. The van der Waals surface area contributed by atoms with Crippen molar-refractivity contribution in [2.45, 2.75) is 19.3 Å². The van der Waals surface area contributed by atoms with E-state index in [0.29, 0.717) is 0 Å². The van der Waals surface area contributed by atoms with Crippen LogP contribution in [0.1, 0.15) is 24.8 Å². The molecular weight excluding hydrogens is 286 g/mol. The van der Waals surface area contributed by atoms with Crippen LogP contribution in [0, 0.1) is 11.8 Å². The second-order valence-corrected chi connectivity index (χ2v) is 5.61. The van der Waals surface area contributed by atoms with Crippen molar-refractivity contribution >= 4 is 11.7 Å². The molecule has 3 heteroatoms. The van der Waals surface area contributed by atoms with Crippen molar-refractivity contribution in [3.63, 3.8) is 0 Å². The van der Waals surface area contributed by atoms with Gasteiger partial charge in [-0.05, 0) is 35.7 Å². The fourth-order valence-electron chi connectivity index (χ4n) is 2.47. The summed E-state index contributed by atoms with van der Waals surface area (Å²) in [6, 6.07) is 16.3. The lowest BCUT2D eigenvalue weighted by molar-refractivity contribution is -0.137. The summed E-state index contributed by atoms with van der Waals surface area (Å²) in [5.41, 5.74) is 4.33. The number of rotatable bonds is 5. The summed E-state index contributed by atoms with van der Waals surface area (Å²) in [5, 5.41) is 9.01. The molecule has 2 aromatic carbocycles. The standard InChI is InChI=1S/C20H21NO2/c1-4-6-17(14-20(22)23)15-9-11-16(12-10-15)18-7-5-8-19(13-18)21(2)3/h5,7-13,17H,14H2,1-3H3,(H,22,23). The van der Waals surface area contributed by atoms with Gasteiger partial charge in [-0.15, -0.1) is 5.92 Å². The quantitative estimate of drug-likeness (QED) is 0.849. The van der Waals surface area contributed by atoms with Crippen LogP contribution in [0.5, 0.6) is 0 Å². The molecule has 0 aliphatic rings. The molecule has 2 aromatic rings. The molecule has 0 bridgehead atoms. The van der Waals surface area contributed by atoms with Gasteiger partial charge in [0.2, 0.25) is 0 Å². The third kappa shape index (κ3) is 4.37. The maximum Gasteiger partial charge on any atom is 0.304 e. The summed E-state index contributed by atoms with van der Waals surface area (Å²) in [6.07, 6.45) is 0.0241. The highest BCUT2D eigenvalue weighted by Crippen LogP contribution is 2.26. The molecule has 0 spiro atoms. The molecule has 23 heavy (non-hydrogen) atoms. The fourth-order valence-corrected chi connectivity index (χ4v) is 2.47. The van der Waals surface area contributed by atoms with Gasteiger partial charge in [0, 0.05) is 19.8 Å². The molecule has 1 N–H and O–H groups in total. The summed E-state index contributed by atoms with van der Waals surface area (Å²) < 4.78 is 0. The monoisotopic (exact) mass is 307 g/mol. The van der Waals surface area contributed by atoms with Crippen LogP contribution in [0.25, 0.3) is 11.1 Å². The smallest absolute Gasteiger partial charge is 0.304 e. The van der Waals surface area contributed by atoms with Crippen LogP contribution in [0.15, 0.2) is 48.5 Å². The third-order valence-electron chi connectivity index (χ3n) is 3.71. The van der Waals surface area contributed by atoms with Crippen molar-refractivity contribution < 1.29 is 9.90 Å². The van der Waals surface area contributed by atoms with E-state index < -0.39 is 5.97 Å². The normalized spacial score (nSPS) is 11.3. The Morgan fingerprint density at radius 3 is 2.39 bits per heavy atom. The first kappa shape index (κ1) is 16.6. The molecule has 118 valence electrons. The minimum absolute atomic E-state index is 0.0241. The lowest BCUT2D eigenvalue weighted by atomic mass is 9.94. The Morgan fingerprint density at radius 1 is 1.13 bits per heavy atom. The number of anilines is 1. The van der Waals surface area contributed by atoms with Gasteiger partial charge in [0.25, 0.3) is 0 Å². The van der Waals surface area contributed by atoms with E-state index in [1.807, 2.05) is 44.4 Å². The zero-order valence-corrected chi connectivity index (χ0v) is 13.7. The molecule has 0 fully saturated rings. The second kappa shape index (κ2) is 7.51. The van der Waals surface area contributed by atoms with Gasteiger partial charge in [0.1, 0.15) is 0 Å². The Labute approximate surface area is 137 Å². The van der Waals surface area contributed by atoms with Gasteiger partial charge in [-0.1, -0.05) is 42.3 Å². The number of hydrogen-bond donors (Lipinski definition) is 1. The van der Waals surface area contributed by atoms with Gasteiger partial charge < -0.3 is 10.0 Å². The maximum atomic E-state index is 11.0. The Morgan fingerprint density at radius 2 is 1.83 bits per heavy atom. The lowest BCUT2D eigenvalue weighted by Gasteiger charge is -2.14. The Hall–Kier alpha value is -2.73. The van der Waals surface area contributed by atoms with Gasteiger partial charge in [-0.25, -0.2) is 0 Å². The predicted octanol–water partition coefficient (Wildman–Crippen LogP) is 4.00. The largest absolute Gasteiger partial charge is 0.481 e. The predicted molar refractivity (Wildman–Crippen MR) is 94.6 cm³/mol. The summed E-state index contributed by atoms with van der Waals surface area (Å²) in [7, 11) is 4.03. The zero-order chi connectivity index (χ0) is 16.8. The van der Waals surface area contributed by atoms with Crippen LogP contribution in [-0.4, -0.2) is 25.2 Å². The highest BCUT2D eigenvalue weighted by molar-refractivity contribution is 5.70. The number of carboxylic acids is 1. The highest BCUT2D eigenvalue weighted by Gasteiger charge is 2.13. The number of benzene rings is 2. The van der Waals surface area contributed by atoms with E-state index in [1.165, 1.54) is 0 Å². The van der Waals surface area contributed by atoms with Gasteiger partial charge in [-0.3, -0.25) is 4.79 Å². The first-order chi connectivity index (χ1) is 11.0. The Bertz CT molecular complexity index is 736. The first-order valence-corrected chi connectivity index (χ1v) is 7.53. The van der Waals surface area contributed by atoms with E-state index >= 15 is 0 Å². The van der Waals surface area contributed by atoms with E-state index in [-0.39, 0.29) is 12.3 Å². The topological polar surface area (TPSA) is 40.5 Å². The minimum Gasteiger partial charge on any atom is -0.481 e. The van der Waals surface area contributed by atoms with Crippen molar-refractivity contribution in [3.8, 4) is 23.0 Å². The van der Waals surface area contributed by atoms with Crippen LogP contribution in [-0.2, 0) is 4.79 Å². The van der Waals surface area contributed by atoms with Gasteiger partial charge in [-0.2, -0.15) is 0 Å². The average molecular weight is 307 g/mol. The number of nitrogens with zero attached hydrogens (tertiary/aromatic N) is 1. The SMILES string of the molecule is CC#CC(CC(=O)O)c1ccc(-c2cccc(N(C)C)c2)cc1. The molecule has 0 aliphatic heterocycles. The van der Waals surface area contributed by atoms with Gasteiger partial charge >= 0.3 is 5.97 Å². The Balaban J connectivity index is 2.29. The number of carbonyl (C=O) groups is 1. The molecule has 0 radical (unpaired) electrons. The number of hydrogen-bond acceptors (Lipinski definition) is 2. The van der Waals surface area contributed by atoms with Crippen LogP contribution < -0.4 is 4.90 Å². The second-order valence-electron chi connectivity index (χ2n) is 5.61. The summed E-state index contributed by atoms with van der Waals surface area (Å²) in [6.45, 7) is 1.73. The molecule has 2 rings (SSSR count). The third-order valence-corrected chi connectivity index (χ3v) is 3.71. The maximum absolute atomic E-state index is 11.0. The average Bonchev–Trinajstić information content (AvgIpc) is 2.54. The molecular formula is C20H21NO2.